The second-order valence-corrected chi connectivity index (χ2v) is 11.5. The van der Waals surface area contributed by atoms with Crippen LogP contribution in [0.1, 0.15) is 24.2 Å². The van der Waals surface area contributed by atoms with E-state index in [-0.39, 0.29) is 17.9 Å². The number of fused-ring (bicyclic) bond motifs is 2. The second kappa shape index (κ2) is 11.4. The molecule has 0 atom stereocenters. The van der Waals surface area contributed by atoms with E-state index in [2.05, 4.69) is 55.8 Å². The summed E-state index contributed by atoms with van der Waals surface area (Å²) in [6, 6.07) is 18.2. The van der Waals surface area contributed by atoms with Gasteiger partial charge in [0.15, 0.2) is 11.5 Å². The summed E-state index contributed by atoms with van der Waals surface area (Å²) >= 11 is 0.887. The van der Waals surface area contributed by atoms with Crippen molar-refractivity contribution < 1.29 is 19.1 Å². The number of carbonyl (C=O) groups is 2. The van der Waals surface area contributed by atoms with Crippen molar-refractivity contribution in [1.82, 2.24) is 25.6 Å². The van der Waals surface area contributed by atoms with Gasteiger partial charge in [-0.2, -0.15) is 0 Å². The number of carbonyl (C=O) groups excluding carboxylic acids is 2. The van der Waals surface area contributed by atoms with Gasteiger partial charge in [0.1, 0.15) is 0 Å². The van der Waals surface area contributed by atoms with Gasteiger partial charge in [-0.05, 0) is 78.9 Å². The summed E-state index contributed by atoms with van der Waals surface area (Å²) in [6.07, 6.45) is 5.35. The number of piperidine rings is 1. The molecule has 0 spiro atoms. The van der Waals surface area contributed by atoms with Crippen molar-refractivity contribution in [2.24, 2.45) is 5.92 Å². The van der Waals surface area contributed by atoms with Gasteiger partial charge in [0.05, 0.1) is 22.0 Å². The normalized spacial score (nSPS) is 17.8. The number of aromatic nitrogens is 3. The minimum absolute atomic E-state index is 0.248. The largest absolute Gasteiger partial charge is 0.454 e. The predicted octanol–water partition coefficient (Wildman–Crippen LogP) is 4.75. The molecule has 11 heteroatoms. The standard InChI is InChI=1S/C31H28N6O4S/c38-29-28(42-31(39)36-29)15-22-7-10-33-30(34-22)37-11-8-19(9-12-37)16-32-17-25-23-4-2-1-3-20(23)13-24(35-25)21-5-6-26-27(14-21)41-18-40-26/h1-7,10,13-15,19,32H,8-9,11-12,16-18H2,(H,36,38,39)/b28-15-. The maximum absolute atomic E-state index is 11.9. The highest BCUT2D eigenvalue weighted by molar-refractivity contribution is 8.18. The topological polar surface area (TPSA) is 119 Å². The van der Waals surface area contributed by atoms with Crippen LogP contribution in [0.2, 0.25) is 0 Å². The zero-order valence-corrected chi connectivity index (χ0v) is 23.5. The van der Waals surface area contributed by atoms with Crippen molar-refractivity contribution in [2.75, 3.05) is 31.3 Å². The predicted molar refractivity (Wildman–Crippen MR) is 161 cm³/mol. The Labute approximate surface area is 246 Å². The number of benzene rings is 2. The number of pyridine rings is 1. The summed E-state index contributed by atoms with van der Waals surface area (Å²) in [7, 11) is 0. The van der Waals surface area contributed by atoms with Crippen LogP contribution in [0.15, 0.2) is 65.7 Å². The molecule has 2 aromatic carbocycles. The highest BCUT2D eigenvalue weighted by Crippen LogP contribution is 2.36. The quantitative estimate of drug-likeness (QED) is 0.297. The highest BCUT2D eigenvalue weighted by Gasteiger charge is 2.26. The summed E-state index contributed by atoms with van der Waals surface area (Å²) in [4.78, 5) is 40.0. The average Bonchev–Trinajstić information content (AvgIpc) is 3.62. The molecule has 10 nitrogen and oxygen atoms in total. The fourth-order valence-electron chi connectivity index (χ4n) is 5.49. The highest BCUT2D eigenvalue weighted by atomic mass is 32.2. The molecule has 0 unspecified atom stereocenters. The minimum atomic E-state index is -0.388. The van der Waals surface area contributed by atoms with Crippen LogP contribution in [-0.4, -0.2) is 52.5 Å². The number of thioether (sulfide) groups is 1. The van der Waals surface area contributed by atoms with Crippen molar-refractivity contribution in [1.29, 1.82) is 0 Å². The molecule has 2 saturated heterocycles. The number of hydrogen-bond acceptors (Lipinski definition) is 10. The third kappa shape index (κ3) is 5.53. The fraction of sp³-hybridized carbons (Fsp3) is 0.258. The third-order valence-electron chi connectivity index (χ3n) is 7.70. The van der Waals surface area contributed by atoms with Gasteiger partial charge in [-0.3, -0.25) is 19.9 Å². The second-order valence-electron chi connectivity index (χ2n) is 10.4. The Kier molecular flexibility index (Phi) is 7.18. The first-order valence-electron chi connectivity index (χ1n) is 13.9. The van der Waals surface area contributed by atoms with Gasteiger partial charge in [0, 0.05) is 36.8 Å². The minimum Gasteiger partial charge on any atom is -0.454 e. The smallest absolute Gasteiger partial charge is 0.290 e. The van der Waals surface area contributed by atoms with Crippen molar-refractivity contribution >= 4 is 45.7 Å². The van der Waals surface area contributed by atoms with E-state index in [9.17, 15) is 9.59 Å². The first-order chi connectivity index (χ1) is 20.6. The van der Waals surface area contributed by atoms with E-state index in [1.54, 1.807) is 18.3 Å². The summed E-state index contributed by atoms with van der Waals surface area (Å²) in [5.74, 6) is 2.29. The molecule has 7 rings (SSSR count). The Morgan fingerprint density at radius 1 is 1.02 bits per heavy atom. The van der Waals surface area contributed by atoms with Gasteiger partial charge in [-0.15, -0.1) is 0 Å². The number of hydrogen-bond donors (Lipinski definition) is 2. The number of anilines is 1. The first-order valence-corrected chi connectivity index (χ1v) is 14.7. The third-order valence-corrected chi connectivity index (χ3v) is 8.51. The van der Waals surface area contributed by atoms with Crippen molar-refractivity contribution in [3.05, 3.63) is 77.1 Å². The Morgan fingerprint density at radius 3 is 2.74 bits per heavy atom. The molecule has 212 valence electrons. The van der Waals surface area contributed by atoms with Crippen LogP contribution in [0, 0.1) is 5.92 Å². The van der Waals surface area contributed by atoms with Crippen LogP contribution in [0.4, 0.5) is 10.7 Å². The molecular formula is C31H28N6O4S. The van der Waals surface area contributed by atoms with Crippen LogP contribution in [0.5, 0.6) is 11.5 Å². The van der Waals surface area contributed by atoms with Gasteiger partial charge in [0.25, 0.3) is 11.1 Å². The molecule has 3 aliphatic heterocycles. The Bertz CT molecular complexity index is 1720. The van der Waals surface area contributed by atoms with Crippen molar-refractivity contribution in [3.63, 3.8) is 0 Å². The van der Waals surface area contributed by atoms with Crippen LogP contribution in [0.25, 0.3) is 28.1 Å². The molecule has 0 bridgehead atoms. The van der Waals surface area contributed by atoms with Crippen molar-refractivity contribution in [2.45, 2.75) is 19.4 Å². The van der Waals surface area contributed by atoms with E-state index < -0.39 is 0 Å². The zero-order valence-electron chi connectivity index (χ0n) is 22.7. The number of nitrogens with zero attached hydrogens (tertiary/aromatic N) is 4. The molecule has 2 amide bonds. The van der Waals surface area contributed by atoms with E-state index >= 15 is 0 Å². The lowest BCUT2D eigenvalue weighted by Crippen LogP contribution is -2.38. The molecule has 0 radical (unpaired) electrons. The van der Waals surface area contributed by atoms with Crippen LogP contribution < -0.4 is 25.0 Å². The Hall–Kier alpha value is -4.48. The number of ether oxygens (including phenoxy) is 2. The van der Waals surface area contributed by atoms with Gasteiger partial charge >= 0.3 is 0 Å². The monoisotopic (exact) mass is 580 g/mol. The summed E-state index contributed by atoms with van der Waals surface area (Å²) in [6.45, 7) is 3.51. The van der Waals surface area contributed by atoms with E-state index in [0.717, 1.165) is 83.5 Å². The molecule has 2 aromatic heterocycles. The van der Waals surface area contributed by atoms with Crippen LogP contribution in [0.3, 0.4) is 0 Å². The van der Waals surface area contributed by atoms with Gasteiger partial charge in [-0.25, -0.2) is 9.97 Å². The number of rotatable bonds is 7. The van der Waals surface area contributed by atoms with Gasteiger partial charge in [-0.1, -0.05) is 24.3 Å². The SMILES string of the molecule is O=C1NC(=O)/C(=C/c2ccnc(N3CCC(CNCc4nc(-c5ccc6c(c5)OCO6)cc5ccccc45)CC3)n2)S1. The summed E-state index contributed by atoms with van der Waals surface area (Å²) in [5.41, 5.74) is 3.54. The maximum Gasteiger partial charge on any atom is 0.290 e. The van der Waals surface area contributed by atoms with Gasteiger partial charge in [0.2, 0.25) is 12.7 Å². The van der Waals surface area contributed by atoms with E-state index in [1.807, 2.05) is 18.2 Å². The molecule has 3 aliphatic rings. The first kappa shape index (κ1) is 26.4. The van der Waals surface area contributed by atoms with E-state index in [0.29, 0.717) is 29.0 Å². The Balaban J connectivity index is 0.983. The molecular weight excluding hydrogens is 552 g/mol. The maximum atomic E-state index is 11.9. The molecule has 5 heterocycles. The van der Waals surface area contributed by atoms with Crippen LogP contribution >= 0.6 is 11.8 Å². The number of imide groups is 1. The average molecular weight is 581 g/mol. The number of amides is 2. The number of nitrogens with one attached hydrogen (secondary N) is 2. The van der Waals surface area contributed by atoms with Gasteiger partial charge < -0.3 is 19.7 Å². The molecule has 42 heavy (non-hydrogen) atoms. The zero-order chi connectivity index (χ0) is 28.5. The molecule has 2 fully saturated rings. The molecule has 2 N–H and O–H groups in total. The molecule has 0 aliphatic carbocycles. The lowest BCUT2D eigenvalue weighted by atomic mass is 9.97. The Morgan fingerprint density at radius 2 is 1.88 bits per heavy atom. The fourth-order valence-corrected chi connectivity index (χ4v) is 6.16. The van der Waals surface area contributed by atoms with E-state index in [4.69, 9.17) is 14.5 Å². The van der Waals surface area contributed by atoms with E-state index in [1.165, 1.54) is 0 Å². The molecule has 0 saturated carbocycles. The summed E-state index contributed by atoms with van der Waals surface area (Å²) in [5, 5.41) is 7.87. The molecule has 4 aromatic rings. The lowest BCUT2D eigenvalue weighted by molar-refractivity contribution is -0.115. The lowest BCUT2D eigenvalue weighted by Gasteiger charge is -2.32. The summed E-state index contributed by atoms with van der Waals surface area (Å²) < 4.78 is 11.1. The van der Waals surface area contributed by atoms with Crippen molar-refractivity contribution in [3.8, 4) is 22.8 Å². The van der Waals surface area contributed by atoms with Crippen LogP contribution in [-0.2, 0) is 11.3 Å².